The third-order valence-corrected chi connectivity index (χ3v) is 4.25. The molecule has 3 heteroatoms. The summed E-state index contributed by atoms with van der Waals surface area (Å²) >= 11 is 0. The fraction of sp³-hybridized carbons (Fsp3) is 0.588. The van der Waals surface area contributed by atoms with Gasteiger partial charge in [-0.05, 0) is 43.2 Å². The van der Waals surface area contributed by atoms with Crippen LogP contribution >= 0.6 is 0 Å². The zero-order chi connectivity index (χ0) is 14.5. The average Bonchev–Trinajstić information content (AvgIpc) is 2.41. The van der Waals surface area contributed by atoms with Crippen molar-refractivity contribution in [2.75, 3.05) is 5.32 Å². The van der Waals surface area contributed by atoms with Gasteiger partial charge >= 0.3 is 6.03 Å². The van der Waals surface area contributed by atoms with Gasteiger partial charge in [-0.15, -0.1) is 0 Å². The van der Waals surface area contributed by atoms with Gasteiger partial charge in [0.1, 0.15) is 0 Å². The smallest absolute Gasteiger partial charge is 0.319 e. The van der Waals surface area contributed by atoms with E-state index >= 15 is 0 Å². The quantitative estimate of drug-likeness (QED) is 0.849. The fourth-order valence-corrected chi connectivity index (χ4v) is 3.10. The van der Waals surface area contributed by atoms with Gasteiger partial charge in [-0.1, -0.05) is 44.9 Å². The molecule has 1 saturated carbocycles. The van der Waals surface area contributed by atoms with Crippen molar-refractivity contribution in [2.24, 2.45) is 5.92 Å². The van der Waals surface area contributed by atoms with E-state index in [1.54, 1.807) is 0 Å². The highest BCUT2D eigenvalue weighted by Crippen LogP contribution is 2.24. The van der Waals surface area contributed by atoms with Crippen molar-refractivity contribution in [3.05, 3.63) is 29.3 Å². The number of carbonyl (C=O) groups excluding carboxylic acids is 1. The molecule has 0 bridgehead atoms. The number of benzene rings is 1. The van der Waals surface area contributed by atoms with E-state index in [1.807, 2.05) is 19.1 Å². The van der Waals surface area contributed by atoms with Crippen LogP contribution in [-0.4, -0.2) is 12.1 Å². The maximum atomic E-state index is 12.2. The van der Waals surface area contributed by atoms with Crippen molar-refractivity contribution < 1.29 is 4.79 Å². The predicted molar refractivity (Wildman–Crippen MR) is 84.1 cm³/mol. The molecule has 2 amide bonds. The lowest BCUT2D eigenvalue weighted by Gasteiger charge is -2.27. The topological polar surface area (TPSA) is 41.1 Å². The number of carbonyl (C=O) groups is 1. The molecule has 0 heterocycles. The number of amides is 2. The van der Waals surface area contributed by atoms with Crippen LogP contribution in [0.25, 0.3) is 0 Å². The molecule has 0 unspecified atom stereocenters. The van der Waals surface area contributed by atoms with E-state index in [-0.39, 0.29) is 6.03 Å². The molecular weight excluding hydrogens is 248 g/mol. The Balaban J connectivity index is 1.98. The summed E-state index contributed by atoms with van der Waals surface area (Å²) in [6.07, 6.45) is 5.64. The Morgan fingerprint density at radius 3 is 2.85 bits per heavy atom. The van der Waals surface area contributed by atoms with E-state index in [1.165, 1.54) is 18.4 Å². The number of anilines is 1. The first kappa shape index (κ1) is 14.9. The van der Waals surface area contributed by atoms with Crippen LogP contribution in [0, 0.1) is 12.8 Å². The van der Waals surface area contributed by atoms with Crippen LogP contribution < -0.4 is 10.6 Å². The Bertz CT molecular complexity index is 470. The molecule has 1 aromatic rings. The molecule has 1 aliphatic rings. The van der Waals surface area contributed by atoms with Crippen LogP contribution in [0.5, 0.6) is 0 Å². The van der Waals surface area contributed by atoms with Gasteiger partial charge in [-0.3, -0.25) is 0 Å². The first-order valence-corrected chi connectivity index (χ1v) is 7.76. The molecule has 20 heavy (non-hydrogen) atoms. The molecule has 2 atom stereocenters. The van der Waals surface area contributed by atoms with Gasteiger partial charge < -0.3 is 10.6 Å². The standard InChI is InChI=1S/C17H26N2O/c1-4-14-9-6-8-13(3)16(14)19-17(20)18-15-10-5-7-12(2)11-15/h6,8-9,12,15H,4-5,7,10-11H2,1-3H3,(H2,18,19,20)/t12-,15-/m0/s1. The summed E-state index contributed by atoms with van der Waals surface area (Å²) in [6, 6.07) is 6.42. The molecule has 110 valence electrons. The normalized spacial score (nSPS) is 22.4. The van der Waals surface area contributed by atoms with Gasteiger partial charge in [0, 0.05) is 11.7 Å². The first-order chi connectivity index (χ1) is 9.60. The van der Waals surface area contributed by atoms with E-state index in [2.05, 4.69) is 30.5 Å². The van der Waals surface area contributed by atoms with Crippen molar-refractivity contribution in [1.82, 2.24) is 5.32 Å². The van der Waals surface area contributed by atoms with E-state index < -0.39 is 0 Å². The van der Waals surface area contributed by atoms with Crippen molar-refractivity contribution in [3.63, 3.8) is 0 Å². The summed E-state index contributed by atoms with van der Waals surface area (Å²) in [5, 5.41) is 6.17. The molecule has 2 rings (SSSR count). The van der Waals surface area contributed by atoms with Gasteiger partial charge in [0.2, 0.25) is 0 Å². The predicted octanol–water partition coefficient (Wildman–Crippen LogP) is 4.26. The Labute approximate surface area is 122 Å². The summed E-state index contributed by atoms with van der Waals surface area (Å²) in [5.74, 6) is 0.721. The number of nitrogens with one attached hydrogen (secondary N) is 2. The molecule has 1 fully saturated rings. The molecule has 0 saturated heterocycles. The highest BCUT2D eigenvalue weighted by Gasteiger charge is 2.20. The van der Waals surface area contributed by atoms with E-state index in [0.29, 0.717) is 6.04 Å². The minimum atomic E-state index is -0.0619. The number of aryl methyl sites for hydroxylation is 2. The highest BCUT2D eigenvalue weighted by atomic mass is 16.2. The van der Waals surface area contributed by atoms with Gasteiger partial charge in [0.25, 0.3) is 0 Å². The monoisotopic (exact) mass is 274 g/mol. The number of rotatable bonds is 3. The van der Waals surface area contributed by atoms with Crippen LogP contribution in [0.3, 0.4) is 0 Å². The number of hydrogen-bond donors (Lipinski definition) is 2. The summed E-state index contributed by atoms with van der Waals surface area (Å²) in [4.78, 5) is 12.2. The van der Waals surface area contributed by atoms with Crippen LogP contribution in [-0.2, 0) is 6.42 Å². The summed E-state index contributed by atoms with van der Waals surface area (Å²) in [7, 11) is 0. The zero-order valence-corrected chi connectivity index (χ0v) is 12.8. The summed E-state index contributed by atoms with van der Waals surface area (Å²) < 4.78 is 0. The van der Waals surface area contributed by atoms with Crippen LogP contribution in [0.1, 0.15) is 50.7 Å². The van der Waals surface area contributed by atoms with Gasteiger partial charge in [-0.25, -0.2) is 4.79 Å². The lowest BCUT2D eigenvalue weighted by molar-refractivity contribution is 0.238. The molecule has 0 spiro atoms. The Morgan fingerprint density at radius 1 is 1.35 bits per heavy atom. The van der Waals surface area contributed by atoms with E-state index in [4.69, 9.17) is 0 Å². The lowest BCUT2D eigenvalue weighted by atomic mass is 9.87. The maximum absolute atomic E-state index is 12.2. The number of hydrogen-bond acceptors (Lipinski definition) is 1. The molecular formula is C17H26N2O. The molecule has 0 aromatic heterocycles. The van der Waals surface area contributed by atoms with Crippen LogP contribution in [0.2, 0.25) is 0 Å². The second-order valence-corrected chi connectivity index (χ2v) is 6.03. The van der Waals surface area contributed by atoms with Gasteiger partial charge in [0.05, 0.1) is 0 Å². The Hall–Kier alpha value is -1.51. The average molecular weight is 274 g/mol. The Kier molecular flexibility index (Phi) is 5.05. The van der Waals surface area contributed by atoms with Crippen LogP contribution in [0.15, 0.2) is 18.2 Å². The van der Waals surface area contributed by atoms with Gasteiger partial charge in [0.15, 0.2) is 0 Å². The van der Waals surface area contributed by atoms with Crippen molar-refractivity contribution in [2.45, 2.75) is 58.9 Å². The first-order valence-electron chi connectivity index (χ1n) is 7.76. The van der Waals surface area contributed by atoms with E-state index in [9.17, 15) is 4.79 Å². The fourth-order valence-electron chi connectivity index (χ4n) is 3.10. The second kappa shape index (κ2) is 6.78. The molecule has 1 aromatic carbocycles. The molecule has 2 N–H and O–H groups in total. The van der Waals surface area contributed by atoms with Crippen molar-refractivity contribution in [3.8, 4) is 0 Å². The van der Waals surface area contributed by atoms with E-state index in [0.717, 1.165) is 36.4 Å². The molecule has 0 radical (unpaired) electrons. The maximum Gasteiger partial charge on any atom is 0.319 e. The van der Waals surface area contributed by atoms with Gasteiger partial charge in [-0.2, -0.15) is 0 Å². The minimum Gasteiger partial charge on any atom is -0.335 e. The lowest BCUT2D eigenvalue weighted by Crippen LogP contribution is -2.40. The van der Waals surface area contributed by atoms with Crippen LogP contribution in [0.4, 0.5) is 10.5 Å². The Morgan fingerprint density at radius 2 is 2.15 bits per heavy atom. The molecule has 3 nitrogen and oxygen atoms in total. The largest absolute Gasteiger partial charge is 0.335 e. The number of para-hydroxylation sites is 1. The third-order valence-electron chi connectivity index (χ3n) is 4.25. The summed E-state index contributed by atoms with van der Waals surface area (Å²) in [6.45, 7) is 6.42. The third kappa shape index (κ3) is 3.75. The zero-order valence-electron chi connectivity index (χ0n) is 12.8. The number of urea groups is 1. The summed E-state index contributed by atoms with van der Waals surface area (Å²) in [5.41, 5.74) is 3.28. The second-order valence-electron chi connectivity index (χ2n) is 6.03. The SMILES string of the molecule is CCc1cccc(C)c1NC(=O)N[C@H]1CCC[C@H](C)C1. The minimum absolute atomic E-state index is 0.0619. The molecule has 0 aliphatic heterocycles. The van der Waals surface area contributed by atoms with Crippen molar-refractivity contribution in [1.29, 1.82) is 0 Å². The van der Waals surface area contributed by atoms with Crippen molar-refractivity contribution >= 4 is 11.7 Å². The molecule has 1 aliphatic carbocycles. The highest BCUT2D eigenvalue weighted by molar-refractivity contribution is 5.91.